The van der Waals surface area contributed by atoms with E-state index in [0.717, 1.165) is 17.7 Å². The van der Waals surface area contributed by atoms with Crippen molar-refractivity contribution >= 4 is 21.6 Å². The molecule has 30 heavy (non-hydrogen) atoms. The SMILES string of the molecule is COc1ccc(S(=O)(=O)N2CCC[C@H](C(=O)N3c4ccccc4C[C@@H]3C)C2)cc1C. The number of aryl methyl sites for hydroxylation is 1. The number of anilines is 1. The van der Waals surface area contributed by atoms with Crippen LogP contribution in [0.4, 0.5) is 5.69 Å². The maximum atomic E-state index is 13.4. The van der Waals surface area contributed by atoms with Crippen LogP contribution in [0.15, 0.2) is 47.4 Å². The first kappa shape index (κ1) is 20.9. The summed E-state index contributed by atoms with van der Waals surface area (Å²) < 4.78 is 33.2. The molecule has 0 saturated carbocycles. The monoisotopic (exact) mass is 428 g/mol. The Morgan fingerprint density at radius 3 is 2.67 bits per heavy atom. The molecule has 2 aliphatic heterocycles. The lowest BCUT2D eigenvalue weighted by Crippen LogP contribution is -2.48. The van der Waals surface area contributed by atoms with Crippen molar-refractivity contribution in [2.75, 3.05) is 25.1 Å². The largest absolute Gasteiger partial charge is 0.496 e. The average molecular weight is 429 g/mol. The van der Waals surface area contributed by atoms with E-state index < -0.39 is 10.0 Å². The predicted molar refractivity (Wildman–Crippen MR) is 116 cm³/mol. The summed E-state index contributed by atoms with van der Waals surface area (Å²) in [5, 5.41) is 0. The zero-order valence-electron chi connectivity index (χ0n) is 17.7. The Kier molecular flexibility index (Phi) is 5.59. The van der Waals surface area contributed by atoms with Gasteiger partial charge in [-0.25, -0.2) is 8.42 Å². The molecule has 2 aliphatic rings. The second-order valence-corrected chi connectivity index (χ2v) is 10.2. The van der Waals surface area contributed by atoms with Crippen molar-refractivity contribution in [3.8, 4) is 5.75 Å². The van der Waals surface area contributed by atoms with Crippen molar-refractivity contribution < 1.29 is 17.9 Å². The van der Waals surface area contributed by atoms with Crippen molar-refractivity contribution in [1.82, 2.24) is 4.31 Å². The summed E-state index contributed by atoms with van der Waals surface area (Å²) in [6.45, 7) is 4.53. The number of sulfonamides is 1. The van der Waals surface area contributed by atoms with Gasteiger partial charge in [-0.1, -0.05) is 18.2 Å². The highest BCUT2D eigenvalue weighted by Gasteiger charge is 2.39. The summed E-state index contributed by atoms with van der Waals surface area (Å²) in [5.41, 5.74) is 2.90. The molecule has 2 heterocycles. The van der Waals surface area contributed by atoms with Gasteiger partial charge in [-0.2, -0.15) is 4.31 Å². The molecule has 0 aliphatic carbocycles. The predicted octanol–water partition coefficient (Wildman–Crippen LogP) is 3.38. The zero-order valence-corrected chi connectivity index (χ0v) is 18.5. The number of amides is 1. The fraction of sp³-hybridized carbons (Fsp3) is 0.435. The highest BCUT2D eigenvalue weighted by atomic mass is 32.2. The molecule has 1 fully saturated rings. The molecule has 0 spiro atoms. The van der Waals surface area contributed by atoms with Gasteiger partial charge in [0.2, 0.25) is 15.9 Å². The van der Waals surface area contributed by atoms with Crippen LogP contribution in [0.2, 0.25) is 0 Å². The standard InChI is InChI=1S/C23H28N2O4S/c1-16-13-20(10-11-22(16)29-3)30(27,28)24-12-6-8-19(15-24)23(26)25-17(2)14-18-7-4-5-9-21(18)25/h4-5,7,9-11,13,17,19H,6,8,12,14-15H2,1-3H3/t17-,19-/m0/s1. The van der Waals surface area contributed by atoms with Crippen LogP contribution in [0.25, 0.3) is 0 Å². The van der Waals surface area contributed by atoms with Crippen LogP contribution in [0.1, 0.15) is 30.9 Å². The first-order chi connectivity index (χ1) is 14.3. The van der Waals surface area contributed by atoms with Crippen LogP contribution in [0.3, 0.4) is 0 Å². The number of carbonyl (C=O) groups is 1. The third kappa shape index (κ3) is 3.61. The highest BCUT2D eigenvalue weighted by molar-refractivity contribution is 7.89. The minimum absolute atomic E-state index is 0.0262. The number of nitrogens with zero attached hydrogens (tertiary/aromatic N) is 2. The number of methoxy groups -OCH3 is 1. The van der Waals surface area contributed by atoms with Gasteiger partial charge >= 0.3 is 0 Å². The zero-order chi connectivity index (χ0) is 21.5. The summed E-state index contributed by atoms with van der Waals surface area (Å²) in [7, 11) is -2.10. The molecule has 0 bridgehead atoms. The first-order valence-corrected chi connectivity index (χ1v) is 11.8. The molecule has 6 nitrogen and oxygen atoms in total. The summed E-state index contributed by atoms with van der Waals surface area (Å²) in [5.74, 6) is 0.349. The molecule has 0 unspecified atom stereocenters. The lowest BCUT2D eigenvalue weighted by Gasteiger charge is -2.34. The van der Waals surface area contributed by atoms with Crippen molar-refractivity contribution in [3.05, 3.63) is 53.6 Å². The second-order valence-electron chi connectivity index (χ2n) is 8.22. The summed E-state index contributed by atoms with van der Waals surface area (Å²) in [4.78, 5) is 15.5. The van der Waals surface area contributed by atoms with E-state index in [1.807, 2.05) is 30.0 Å². The highest BCUT2D eigenvalue weighted by Crippen LogP contribution is 2.35. The van der Waals surface area contributed by atoms with E-state index in [1.54, 1.807) is 25.3 Å². The van der Waals surface area contributed by atoms with E-state index in [9.17, 15) is 13.2 Å². The molecule has 7 heteroatoms. The maximum absolute atomic E-state index is 13.4. The van der Waals surface area contributed by atoms with Gasteiger partial charge in [0.05, 0.1) is 17.9 Å². The average Bonchev–Trinajstić information content (AvgIpc) is 3.08. The van der Waals surface area contributed by atoms with Gasteiger partial charge in [-0.3, -0.25) is 4.79 Å². The number of hydrogen-bond donors (Lipinski definition) is 0. The Morgan fingerprint density at radius 1 is 1.17 bits per heavy atom. The van der Waals surface area contributed by atoms with E-state index in [2.05, 4.69) is 13.0 Å². The van der Waals surface area contributed by atoms with Crippen molar-refractivity contribution in [2.24, 2.45) is 5.92 Å². The molecule has 4 rings (SSSR count). The van der Waals surface area contributed by atoms with Crippen LogP contribution in [-0.2, 0) is 21.2 Å². The normalized spacial score (nSPS) is 22.0. The lowest BCUT2D eigenvalue weighted by atomic mass is 9.97. The second kappa shape index (κ2) is 8.04. The molecular formula is C23H28N2O4S. The van der Waals surface area contributed by atoms with Crippen LogP contribution in [0, 0.1) is 12.8 Å². The number of piperidine rings is 1. The van der Waals surface area contributed by atoms with Crippen LogP contribution in [-0.4, -0.2) is 44.9 Å². The minimum atomic E-state index is -3.67. The molecule has 1 amide bonds. The third-order valence-electron chi connectivity index (χ3n) is 6.18. The number of fused-ring (bicyclic) bond motifs is 1. The van der Waals surface area contributed by atoms with Gasteiger partial charge in [0.25, 0.3) is 0 Å². The van der Waals surface area contributed by atoms with Crippen LogP contribution in [0.5, 0.6) is 5.75 Å². The van der Waals surface area contributed by atoms with Gasteiger partial charge in [-0.15, -0.1) is 0 Å². The van der Waals surface area contributed by atoms with Crippen molar-refractivity contribution in [2.45, 2.75) is 44.0 Å². The smallest absolute Gasteiger partial charge is 0.243 e. The lowest BCUT2D eigenvalue weighted by molar-refractivity contribution is -0.123. The van der Waals surface area contributed by atoms with Gasteiger partial charge < -0.3 is 9.64 Å². The summed E-state index contributed by atoms with van der Waals surface area (Å²) in [6, 6.07) is 13.0. The van der Waals surface area contributed by atoms with E-state index in [1.165, 1.54) is 9.87 Å². The van der Waals surface area contributed by atoms with Crippen LogP contribution < -0.4 is 9.64 Å². The third-order valence-corrected chi connectivity index (χ3v) is 8.04. The molecule has 2 aromatic carbocycles. The molecule has 2 atom stereocenters. The van der Waals surface area contributed by atoms with Gasteiger partial charge in [0, 0.05) is 24.8 Å². The maximum Gasteiger partial charge on any atom is 0.243 e. The number of hydrogen-bond acceptors (Lipinski definition) is 4. The van der Waals surface area contributed by atoms with E-state index in [0.29, 0.717) is 25.1 Å². The van der Waals surface area contributed by atoms with Crippen molar-refractivity contribution in [3.63, 3.8) is 0 Å². The van der Waals surface area contributed by atoms with Gasteiger partial charge in [0.15, 0.2) is 0 Å². The quantitative estimate of drug-likeness (QED) is 0.749. The molecule has 2 aromatic rings. The van der Waals surface area contributed by atoms with Gasteiger partial charge in [0.1, 0.15) is 5.75 Å². The van der Waals surface area contributed by atoms with E-state index >= 15 is 0 Å². The number of carbonyl (C=O) groups excluding carboxylic acids is 1. The molecule has 0 radical (unpaired) electrons. The van der Waals surface area contributed by atoms with Crippen LogP contribution >= 0.6 is 0 Å². The number of para-hydroxylation sites is 1. The number of rotatable bonds is 4. The van der Waals surface area contributed by atoms with E-state index in [-0.39, 0.29) is 29.3 Å². The van der Waals surface area contributed by atoms with Gasteiger partial charge in [-0.05, 0) is 68.5 Å². The first-order valence-electron chi connectivity index (χ1n) is 10.4. The number of benzene rings is 2. The fourth-order valence-corrected chi connectivity index (χ4v) is 6.23. The van der Waals surface area contributed by atoms with E-state index in [4.69, 9.17) is 4.74 Å². The molecular weight excluding hydrogens is 400 g/mol. The van der Waals surface area contributed by atoms with Crippen molar-refractivity contribution in [1.29, 1.82) is 0 Å². The summed E-state index contributed by atoms with van der Waals surface area (Å²) in [6.07, 6.45) is 2.22. The Bertz CT molecular complexity index is 1070. The Morgan fingerprint density at radius 2 is 1.93 bits per heavy atom. The summed E-state index contributed by atoms with van der Waals surface area (Å²) >= 11 is 0. The topological polar surface area (TPSA) is 66.9 Å². The minimum Gasteiger partial charge on any atom is -0.496 e. The Balaban J connectivity index is 1.56. The Labute approximate surface area is 178 Å². The molecule has 1 saturated heterocycles. The Hall–Kier alpha value is -2.38. The molecule has 160 valence electrons. The fourth-order valence-electron chi connectivity index (χ4n) is 4.62. The molecule has 0 aromatic heterocycles. The number of ether oxygens (including phenoxy) is 1. The molecule has 0 N–H and O–H groups in total.